The Kier molecular flexibility index (Phi) is 2.87. The average Bonchev–Trinajstić information content (AvgIpc) is 3.02. The van der Waals surface area contributed by atoms with Crippen LogP contribution in [0.2, 0.25) is 0 Å². The van der Waals surface area contributed by atoms with Gasteiger partial charge in [0.25, 0.3) is 15.9 Å². The quantitative estimate of drug-likeness (QED) is 0.845. The summed E-state index contributed by atoms with van der Waals surface area (Å²) in [6.45, 7) is -0.0608. The summed E-state index contributed by atoms with van der Waals surface area (Å²) in [5, 5.41) is 3.99. The van der Waals surface area contributed by atoms with Gasteiger partial charge < -0.3 is 4.52 Å². The van der Waals surface area contributed by atoms with Crippen molar-refractivity contribution >= 4 is 15.9 Å². The third-order valence-corrected chi connectivity index (χ3v) is 6.02. The van der Waals surface area contributed by atoms with Gasteiger partial charge in [0.15, 0.2) is 0 Å². The van der Waals surface area contributed by atoms with Crippen molar-refractivity contribution in [2.45, 2.75) is 37.1 Å². The van der Waals surface area contributed by atoms with Gasteiger partial charge in [0.2, 0.25) is 0 Å². The molecule has 1 aliphatic carbocycles. The minimum atomic E-state index is -3.80. The molecule has 0 saturated heterocycles. The summed E-state index contributed by atoms with van der Waals surface area (Å²) in [7, 11) is -3.80. The van der Waals surface area contributed by atoms with Crippen molar-refractivity contribution in [3.8, 4) is 0 Å². The number of carbonyl (C=O) groups excluding carboxylic acids is 1. The summed E-state index contributed by atoms with van der Waals surface area (Å²) in [4.78, 5) is 12.5. The van der Waals surface area contributed by atoms with Gasteiger partial charge >= 0.3 is 0 Å². The van der Waals surface area contributed by atoms with Crippen LogP contribution in [0.25, 0.3) is 0 Å². The van der Waals surface area contributed by atoms with Crippen LogP contribution in [0.3, 0.4) is 0 Å². The molecule has 0 bridgehead atoms. The maximum atomic E-state index is 12.5. The fourth-order valence-corrected chi connectivity index (χ4v) is 4.63. The standard InChI is InChI=1S/C15H14N2O4S/c18-15-11-6-2-4-8-14(11)22(19,20)17(15)9-12-10-5-1-3-7-13(10)21-16-12/h2,4,6,8H,1,3,5,7,9H2. The first-order valence-electron chi connectivity index (χ1n) is 7.21. The second kappa shape index (κ2) is 4.67. The van der Waals surface area contributed by atoms with Gasteiger partial charge in [0.05, 0.1) is 12.1 Å². The van der Waals surface area contributed by atoms with E-state index in [4.69, 9.17) is 4.52 Å². The molecule has 1 aliphatic heterocycles. The number of sulfonamides is 1. The van der Waals surface area contributed by atoms with Gasteiger partial charge in [0.1, 0.15) is 16.3 Å². The molecule has 1 aromatic carbocycles. The smallest absolute Gasteiger partial charge is 0.269 e. The van der Waals surface area contributed by atoms with E-state index in [1.807, 2.05) is 0 Å². The van der Waals surface area contributed by atoms with Crippen LogP contribution in [0.15, 0.2) is 33.7 Å². The molecular weight excluding hydrogens is 304 g/mol. The first kappa shape index (κ1) is 13.5. The van der Waals surface area contributed by atoms with E-state index in [0.29, 0.717) is 5.69 Å². The van der Waals surface area contributed by atoms with Gasteiger partial charge in [-0.2, -0.15) is 0 Å². The van der Waals surface area contributed by atoms with Crippen LogP contribution in [-0.4, -0.2) is 23.8 Å². The molecular formula is C15H14N2O4S. The number of aromatic nitrogens is 1. The number of fused-ring (bicyclic) bond motifs is 2. The summed E-state index contributed by atoms with van der Waals surface area (Å²) in [6, 6.07) is 6.27. The predicted octanol–water partition coefficient (Wildman–Crippen LogP) is 1.90. The van der Waals surface area contributed by atoms with Crippen molar-refractivity contribution in [1.82, 2.24) is 9.46 Å². The summed E-state index contributed by atoms with van der Waals surface area (Å²) in [6.07, 6.45) is 3.72. The monoisotopic (exact) mass is 318 g/mol. The highest BCUT2D eigenvalue weighted by Crippen LogP contribution is 2.33. The fraction of sp³-hybridized carbons (Fsp3) is 0.333. The Labute approximate surface area is 127 Å². The molecule has 0 atom stereocenters. The van der Waals surface area contributed by atoms with Crippen LogP contribution in [0, 0.1) is 0 Å². The van der Waals surface area contributed by atoms with E-state index >= 15 is 0 Å². The van der Waals surface area contributed by atoms with Crippen molar-refractivity contribution < 1.29 is 17.7 Å². The third kappa shape index (κ3) is 1.81. The van der Waals surface area contributed by atoms with Crippen molar-refractivity contribution in [2.24, 2.45) is 0 Å². The number of rotatable bonds is 2. The topological polar surface area (TPSA) is 80.5 Å². The molecule has 0 saturated carbocycles. The molecule has 0 unspecified atom stereocenters. The molecule has 7 heteroatoms. The van der Waals surface area contributed by atoms with E-state index in [0.717, 1.165) is 41.3 Å². The summed E-state index contributed by atoms with van der Waals surface area (Å²) >= 11 is 0. The summed E-state index contributed by atoms with van der Waals surface area (Å²) in [5.74, 6) is 0.325. The number of hydrogen-bond donors (Lipinski definition) is 0. The number of nitrogens with zero attached hydrogens (tertiary/aromatic N) is 2. The number of aryl methyl sites for hydroxylation is 1. The summed E-state index contributed by atoms with van der Waals surface area (Å²) < 4.78 is 31.3. The highest BCUT2D eigenvalue weighted by atomic mass is 32.2. The van der Waals surface area contributed by atoms with E-state index in [1.165, 1.54) is 12.1 Å². The molecule has 4 rings (SSSR count). The molecule has 2 aromatic rings. The van der Waals surface area contributed by atoms with Crippen molar-refractivity contribution in [2.75, 3.05) is 0 Å². The van der Waals surface area contributed by atoms with Crippen LogP contribution in [0.4, 0.5) is 0 Å². The molecule has 1 aromatic heterocycles. The van der Waals surface area contributed by atoms with Gasteiger partial charge in [0, 0.05) is 12.0 Å². The lowest BCUT2D eigenvalue weighted by Crippen LogP contribution is -2.30. The Balaban J connectivity index is 1.73. The second-order valence-electron chi connectivity index (χ2n) is 5.55. The van der Waals surface area contributed by atoms with Crippen LogP contribution < -0.4 is 0 Å². The minimum absolute atomic E-state index is 0.0608. The molecule has 2 heterocycles. The van der Waals surface area contributed by atoms with Crippen LogP contribution in [0.1, 0.15) is 40.2 Å². The van der Waals surface area contributed by atoms with Gasteiger partial charge in [-0.25, -0.2) is 12.7 Å². The Morgan fingerprint density at radius 3 is 2.77 bits per heavy atom. The number of carbonyl (C=O) groups is 1. The molecule has 0 fully saturated rings. The van der Waals surface area contributed by atoms with E-state index < -0.39 is 15.9 Å². The van der Waals surface area contributed by atoms with Gasteiger partial charge in [-0.3, -0.25) is 4.79 Å². The van der Waals surface area contributed by atoms with Crippen LogP contribution in [-0.2, 0) is 29.4 Å². The fourth-order valence-electron chi connectivity index (χ4n) is 3.10. The summed E-state index contributed by atoms with van der Waals surface area (Å²) in [5.41, 5.74) is 1.74. The van der Waals surface area contributed by atoms with E-state index in [-0.39, 0.29) is 17.0 Å². The molecule has 114 valence electrons. The Morgan fingerprint density at radius 1 is 1.18 bits per heavy atom. The first-order valence-corrected chi connectivity index (χ1v) is 8.65. The molecule has 6 nitrogen and oxygen atoms in total. The van der Waals surface area contributed by atoms with Crippen LogP contribution >= 0.6 is 0 Å². The van der Waals surface area contributed by atoms with Gasteiger partial charge in [-0.05, 0) is 31.4 Å². The molecule has 0 N–H and O–H groups in total. The highest BCUT2D eigenvalue weighted by molar-refractivity contribution is 7.90. The van der Waals surface area contributed by atoms with Crippen molar-refractivity contribution in [3.05, 3.63) is 46.8 Å². The predicted molar refractivity (Wildman–Crippen MR) is 76.6 cm³/mol. The maximum absolute atomic E-state index is 12.5. The lowest BCUT2D eigenvalue weighted by atomic mass is 9.96. The zero-order valence-corrected chi connectivity index (χ0v) is 12.6. The zero-order valence-electron chi connectivity index (χ0n) is 11.8. The highest BCUT2D eigenvalue weighted by Gasteiger charge is 2.41. The van der Waals surface area contributed by atoms with E-state index in [1.54, 1.807) is 12.1 Å². The van der Waals surface area contributed by atoms with E-state index in [2.05, 4.69) is 5.16 Å². The lowest BCUT2D eigenvalue weighted by Gasteiger charge is -2.15. The minimum Gasteiger partial charge on any atom is -0.361 e. The SMILES string of the molecule is O=C1c2ccccc2S(=O)(=O)N1Cc1noc2c1CCCC2. The number of amides is 1. The second-order valence-corrected chi connectivity index (χ2v) is 7.38. The third-order valence-electron chi connectivity index (χ3n) is 4.24. The molecule has 0 radical (unpaired) electrons. The molecule has 0 spiro atoms. The van der Waals surface area contributed by atoms with Crippen molar-refractivity contribution in [1.29, 1.82) is 0 Å². The van der Waals surface area contributed by atoms with Gasteiger partial charge in [-0.15, -0.1) is 0 Å². The molecule has 22 heavy (non-hydrogen) atoms. The molecule has 2 aliphatic rings. The molecule has 1 amide bonds. The first-order chi connectivity index (χ1) is 10.6. The number of hydrogen-bond acceptors (Lipinski definition) is 5. The number of benzene rings is 1. The van der Waals surface area contributed by atoms with E-state index in [9.17, 15) is 13.2 Å². The van der Waals surface area contributed by atoms with Gasteiger partial charge in [-0.1, -0.05) is 17.3 Å². The Hall–Kier alpha value is -2.15. The van der Waals surface area contributed by atoms with Crippen molar-refractivity contribution in [3.63, 3.8) is 0 Å². The lowest BCUT2D eigenvalue weighted by molar-refractivity contribution is 0.0863. The zero-order chi connectivity index (χ0) is 15.3. The van der Waals surface area contributed by atoms with Crippen LogP contribution in [0.5, 0.6) is 0 Å². The normalized spacial score (nSPS) is 19.1. The Morgan fingerprint density at radius 2 is 1.95 bits per heavy atom. The maximum Gasteiger partial charge on any atom is 0.269 e. The average molecular weight is 318 g/mol. The largest absolute Gasteiger partial charge is 0.361 e. The Bertz CT molecular complexity index is 869.